The second-order valence-electron chi connectivity index (χ2n) is 4.64. The van der Waals surface area contributed by atoms with Gasteiger partial charge < -0.3 is 5.11 Å². The van der Waals surface area contributed by atoms with Gasteiger partial charge >= 0.3 is 0 Å². The molecular weight excluding hydrogens is 306 g/mol. The van der Waals surface area contributed by atoms with Crippen LogP contribution in [0.25, 0.3) is 0 Å². The van der Waals surface area contributed by atoms with Gasteiger partial charge in [0.15, 0.2) is 0 Å². The molecular formula is C14H18BrN3O. The number of aliphatic hydroxyl groups is 1. The zero-order chi connectivity index (χ0) is 13.8. The van der Waals surface area contributed by atoms with Crippen LogP contribution in [0.3, 0.4) is 0 Å². The molecule has 0 bridgehead atoms. The van der Waals surface area contributed by atoms with Crippen LogP contribution >= 0.6 is 15.9 Å². The molecule has 1 N–H and O–H groups in total. The van der Waals surface area contributed by atoms with E-state index in [2.05, 4.69) is 32.9 Å². The van der Waals surface area contributed by atoms with E-state index < -0.39 is 6.10 Å². The molecule has 0 spiro atoms. The lowest BCUT2D eigenvalue weighted by molar-refractivity contribution is 0.173. The summed E-state index contributed by atoms with van der Waals surface area (Å²) in [6.07, 6.45) is 2.44. The average molecular weight is 324 g/mol. The van der Waals surface area contributed by atoms with Crippen molar-refractivity contribution in [2.24, 2.45) is 0 Å². The van der Waals surface area contributed by atoms with Crippen molar-refractivity contribution in [1.82, 2.24) is 14.8 Å². The molecule has 1 aromatic heterocycles. The van der Waals surface area contributed by atoms with Gasteiger partial charge in [0.05, 0.1) is 6.10 Å². The number of aliphatic hydroxyl groups excluding tert-OH is 1. The second-order valence-corrected chi connectivity index (χ2v) is 5.50. The lowest BCUT2D eigenvalue weighted by Gasteiger charge is -2.13. The van der Waals surface area contributed by atoms with Crippen molar-refractivity contribution in [3.63, 3.8) is 0 Å². The molecule has 1 unspecified atom stereocenters. The zero-order valence-corrected chi connectivity index (χ0v) is 12.8. The molecule has 19 heavy (non-hydrogen) atoms. The van der Waals surface area contributed by atoms with Crippen LogP contribution in [0.4, 0.5) is 0 Å². The number of rotatable bonds is 5. The van der Waals surface area contributed by atoms with Crippen molar-refractivity contribution in [3.05, 3.63) is 46.0 Å². The zero-order valence-electron chi connectivity index (χ0n) is 11.2. The summed E-state index contributed by atoms with van der Waals surface area (Å²) in [5.41, 5.74) is 2.05. The molecule has 5 heteroatoms. The van der Waals surface area contributed by atoms with Gasteiger partial charge in [-0.25, -0.2) is 4.98 Å². The Labute approximate surface area is 121 Å². The number of benzene rings is 1. The van der Waals surface area contributed by atoms with Crippen molar-refractivity contribution >= 4 is 15.9 Å². The molecule has 2 aromatic rings. The first-order valence-corrected chi connectivity index (χ1v) is 7.22. The van der Waals surface area contributed by atoms with Gasteiger partial charge in [-0.05, 0) is 30.5 Å². The molecule has 4 nitrogen and oxygen atoms in total. The van der Waals surface area contributed by atoms with Crippen molar-refractivity contribution in [2.45, 2.75) is 39.3 Å². The van der Waals surface area contributed by atoms with Gasteiger partial charge in [-0.15, -0.1) is 0 Å². The molecule has 1 heterocycles. The number of hydrogen-bond acceptors (Lipinski definition) is 3. The third kappa shape index (κ3) is 3.42. The van der Waals surface area contributed by atoms with Crippen LogP contribution < -0.4 is 0 Å². The highest BCUT2D eigenvalue weighted by Crippen LogP contribution is 2.26. The molecule has 1 atom stereocenters. The van der Waals surface area contributed by atoms with E-state index in [9.17, 15) is 5.11 Å². The summed E-state index contributed by atoms with van der Waals surface area (Å²) in [4.78, 5) is 4.22. The summed E-state index contributed by atoms with van der Waals surface area (Å²) in [6.45, 7) is 4.95. The molecule has 1 aromatic carbocycles. The maximum absolute atomic E-state index is 10.3. The lowest BCUT2D eigenvalue weighted by atomic mass is 10.0. The van der Waals surface area contributed by atoms with E-state index >= 15 is 0 Å². The Morgan fingerprint density at radius 1 is 1.42 bits per heavy atom. The van der Waals surface area contributed by atoms with E-state index in [1.165, 1.54) is 0 Å². The summed E-state index contributed by atoms with van der Waals surface area (Å²) in [5.74, 6) is 0.821. The Balaban J connectivity index is 2.16. The molecule has 0 amide bonds. The molecule has 0 fully saturated rings. The SMILES string of the molecule is CCCn1ncnc1CC(O)c1ccc(C)cc1Br. The first kappa shape index (κ1) is 14.2. The van der Waals surface area contributed by atoms with Crippen LogP contribution in [0.2, 0.25) is 0 Å². The number of halogens is 1. The van der Waals surface area contributed by atoms with Gasteiger partial charge in [0.25, 0.3) is 0 Å². The Kier molecular flexibility index (Phi) is 4.71. The molecule has 2 rings (SSSR count). The number of hydrogen-bond donors (Lipinski definition) is 1. The summed E-state index contributed by atoms with van der Waals surface area (Å²) >= 11 is 3.50. The molecule has 0 aliphatic rings. The summed E-state index contributed by atoms with van der Waals surface area (Å²) in [6, 6.07) is 5.96. The van der Waals surface area contributed by atoms with E-state index in [1.807, 2.05) is 29.8 Å². The van der Waals surface area contributed by atoms with Crippen LogP contribution in [0.1, 0.15) is 36.4 Å². The maximum atomic E-state index is 10.3. The third-order valence-electron chi connectivity index (χ3n) is 3.02. The number of nitrogens with zero attached hydrogens (tertiary/aromatic N) is 3. The van der Waals surface area contributed by atoms with Crippen LogP contribution in [-0.4, -0.2) is 19.9 Å². The van der Waals surface area contributed by atoms with Gasteiger partial charge in [0.1, 0.15) is 12.2 Å². The van der Waals surface area contributed by atoms with E-state index in [0.29, 0.717) is 6.42 Å². The first-order valence-electron chi connectivity index (χ1n) is 6.42. The van der Waals surface area contributed by atoms with Gasteiger partial charge in [-0.2, -0.15) is 5.10 Å². The molecule has 0 aliphatic heterocycles. The quantitative estimate of drug-likeness (QED) is 0.920. The smallest absolute Gasteiger partial charge is 0.138 e. The normalized spacial score (nSPS) is 12.6. The van der Waals surface area contributed by atoms with E-state index in [4.69, 9.17) is 0 Å². The van der Waals surface area contributed by atoms with Crippen LogP contribution in [0.5, 0.6) is 0 Å². The summed E-state index contributed by atoms with van der Waals surface area (Å²) in [7, 11) is 0. The second kappa shape index (κ2) is 6.30. The Bertz CT molecular complexity index is 553. The minimum atomic E-state index is -0.574. The fraction of sp³-hybridized carbons (Fsp3) is 0.429. The van der Waals surface area contributed by atoms with Gasteiger partial charge in [-0.1, -0.05) is 35.0 Å². The molecule has 0 saturated carbocycles. The van der Waals surface area contributed by atoms with E-state index in [0.717, 1.165) is 34.4 Å². The summed E-state index contributed by atoms with van der Waals surface area (Å²) in [5, 5.41) is 14.5. The average Bonchev–Trinajstić information content (AvgIpc) is 2.77. The number of aromatic nitrogens is 3. The van der Waals surface area contributed by atoms with Crippen LogP contribution in [0.15, 0.2) is 29.0 Å². The van der Waals surface area contributed by atoms with Crippen LogP contribution in [0, 0.1) is 6.92 Å². The topological polar surface area (TPSA) is 50.9 Å². The number of aryl methyl sites for hydroxylation is 2. The Morgan fingerprint density at radius 2 is 2.21 bits per heavy atom. The molecule has 0 aliphatic carbocycles. The van der Waals surface area contributed by atoms with Crippen molar-refractivity contribution in [1.29, 1.82) is 0 Å². The summed E-state index contributed by atoms with van der Waals surface area (Å²) < 4.78 is 2.78. The van der Waals surface area contributed by atoms with Crippen molar-refractivity contribution in [3.8, 4) is 0 Å². The highest BCUT2D eigenvalue weighted by atomic mass is 79.9. The molecule has 0 radical (unpaired) electrons. The molecule has 102 valence electrons. The fourth-order valence-electron chi connectivity index (χ4n) is 2.03. The highest BCUT2D eigenvalue weighted by Gasteiger charge is 2.15. The third-order valence-corrected chi connectivity index (χ3v) is 3.71. The predicted octanol–water partition coefficient (Wildman–Crippen LogP) is 3.04. The standard InChI is InChI=1S/C14H18BrN3O/c1-3-6-18-14(16-9-17-18)8-13(19)11-5-4-10(2)7-12(11)15/h4-5,7,9,13,19H,3,6,8H2,1-2H3. The highest BCUT2D eigenvalue weighted by molar-refractivity contribution is 9.10. The van der Waals surface area contributed by atoms with Crippen LogP contribution in [-0.2, 0) is 13.0 Å². The monoisotopic (exact) mass is 323 g/mol. The predicted molar refractivity (Wildman–Crippen MR) is 77.9 cm³/mol. The van der Waals surface area contributed by atoms with E-state index in [1.54, 1.807) is 6.33 Å². The van der Waals surface area contributed by atoms with Gasteiger partial charge in [0, 0.05) is 17.4 Å². The first-order chi connectivity index (χ1) is 9.11. The van der Waals surface area contributed by atoms with Crippen molar-refractivity contribution in [2.75, 3.05) is 0 Å². The largest absolute Gasteiger partial charge is 0.388 e. The van der Waals surface area contributed by atoms with Gasteiger partial charge in [0.2, 0.25) is 0 Å². The Morgan fingerprint density at radius 3 is 2.89 bits per heavy atom. The Hall–Kier alpha value is -1.20. The minimum Gasteiger partial charge on any atom is -0.388 e. The van der Waals surface area contributed by atoms with Crippen molar-refractivity contribution < 1.29 is 5.11 Å². The van der Waals surface area contributed by atoms with Gasteiger partial charge in [-0.3, -0.25) is 4.68 Å². The molecule has 0 saturated heterocycles. The minimum absolute atomic E-state index is 0.474. The van der Waals surface area contributed by atoms with E-state index in [-0.39, 0.29) is 0 Å². The maximum Gasteiger partial charge on any atom is 0.138 e. The fourth-order valence-corrected chi connectivity index (χ4v) is 2.79. The lowest BCUT2D eigenvalue weighted by Crippen LogP contribution is -2.10.